The molecule has 0 fully saturated rings. The van der Waals surface area contributed by atoms with Crippen LogP contribution in [0, 0.1) is 30.3 Å². The highest BCUT2D eigenvalue weighted by molar-refractivity contribution is 5.64. The van der Waals surface area contributed by atoms with Gasteiger partial charge in [-0.15, -0.1) is 4.68 Å². The molecule has 0 saturated heterocycles. The summed E-state index contributed by atoms with van der Waals surface area (Å²) in [5.41, 5.74) is -2.24. The largest absolute Gasteiger partial charge is 0.863 e. The summed E-state index contributed by atoms with van der Waals surface area (Å²) in [6, 6.07) is 10.6. The molecule has 0 saturated carbocycles. The summed E-state index contributed by atoms with van der Waals surface area (Å²) in [6.45, 7) is 0. The van der Waals surface area contributed by atoms with Gasteiger partial charge in [-0.2, -0.15) is 0 Å². The van der Waals surface area contributed by atoms with Gasteiger partial charge >= 0.3 is 0 Å². The predicted octanol–water partition coefficient (Wildman–Crippen LogP) is 0.577. The lowest BCUT2D eigenvalue weighted by Gasteiger charge is -2.06. The van der Waals surface area contributed by atoms with E-state index in [0.717, 1.165) is 5.69 Å². The average Bonchev–Trinajstić information content (AvgIpc) is 3.09. The predicted molar refractivity (Wildman–Crippen MR) is 88.4 cm³/mol. The molecule has 144 valence electrons. The molecule has 28 heavy (non-hydrogen) atoms. The number of tetrazole rings is 1. The second-order valence-corrected chi connectivity index (χ2v) is 5.13. The number of aryl methyl sites for hydroxylation is 1. The number of rotatable bonds is 4. The van der Waals surface area contributed by atoms with E-state index in [-0.39, 0.29) is 0 Å². The number of nitro groups is 3. The molecule has 14 heteroatoms. The van der Waals surface area contributed by atoms with Gasteiger partial charge in [0.05, 0.1) is 39.7 Å². The Balaban J connectivity index is 0.000000207. The smallest absolute Gasteiger partial charge is 0.283 e. The van der Waals surface area contributed by atoms with Crippen molar-refractivity contribution in [3.05, 3.63) is 79.1 Å². The Bertz CT molecular complexity index is 1000. The molecule has 0 radical (unpaired) electrons. The third kappa shape index (κ3) is 4.57. The summed E-state index contributed by atoms with van der Waals surface area (Å²) in [4.78, 5) is 27.5. The van der Waals surface area contributed by atoms with Crippen molar-refractivity contribution in [2.24, 2.45) is 7.05 Å². The molecule has 0 amide bonds. The number of non-ortho nitro benzene ring substituents is 1. The summed E-state index contributed by atoms with van der Waals surface area (Å²) in [5.74, 6) is -1.46. The molecule has 0 bridgehead atoms. The van der Waals surface area contributed by atoms with Crippen LogP contribution in [0.4, 0.5) is 17.1 Å². The number of aromatic nitrogens is 4. The fourth-order valence-electron chi connectivity index (χ4n) is 1.97. The van der Waals surface area contributed by atoms with Crippen LogP contribution in [0.5, 0.6) is 5.75 Å². The quantitative estimate of drug-likeness (QED) is 0.349. The number of nitrogens with zero attached hydrogens (tertiary/aromatic N) is 7. The second kappa shape index (κ2) is 8.26. The minimum absolute atomic E-state index is 0.384. The highest BCUT2D eigenvalue weighted by Gasteiger charge is 2.24. The third-order valence-corrected chi connectivity index (χ3v) is 3.21. The van der Waals surface area contributed by atoms with E-state index < -0.39 is 37.6 Å². The molecule has 0 unspecified atom stereocenters. The number of benzene rings is 2. The van der Waals surface area contributed by atoms with Crippen molar-refractivity contribution in [3.63, 3.8) is 0 Å². The van der Waals surface area contributed by atoms with Gasteiger partial charge in [-0.05, 0) is 12.1 Å². The number of nitro benzene ring substituents is 3. The van der Waals surface area contributed by atoms with Crippen LogP contribution >= 0.6 is 0 Å². The Morgan fingerprint density at radius 3 is 1.86 bits per heavy atom. The second-order valence-electron chi connectivity index (χ2n) is 5.13. The van der Waals surface area contributed by atoms with Gasteiger partial charge in [-0.25, -0.2) is 0 Å². The molecule has 3 aromatic rings. The molecule has 0 aliphatic rings. The topological polar surface area (TPSA) is 187 Å². The van der Waals surface area contributed by atoms with Crippen molar-refractivity contribution in [2.45, 2.75) is 0 Å². The fourth-order valence-corrected chi connectivity index (χ4v) is 1.97. The zero-order valence-corrected chi connectivity index (χ0v) is 14.1. The van der Waals surface area contributed by atoms with E-state index in [2.05, 4.69) is 10.4 Å². The first kappa shape index (κ1) is 19.8. The fraction of sp³-hybridized carbons (Fsp3) is 0.0714. The first-order valence-electron chi connectivity index (χ1n) is 7.32. The van der Waals surface area contributed by atoms with Gasteiger partial charge in [0, 0.05) is 0 Å². The zero-order valence-electron chi connectivity index (χ0n) is 14.1. The number of hydrogen-bond acceptors (Lipinski definition) is 9. The van der Waals surface area contributed by atoms with Crippen LogP contribution in [0.1, 0.15) is 0 Å². The minimum atomic E-state index is -1.46. The van der Waals surface area contributed by atoms with Crippen molar-refractivity contribution in [3.8, 4) is 11.4 Å². The molecule has 1 heterocycles. The lowest BCUT2D eigenvalue weighted by atomic mass is 10.2. The molecule has 0 atom stereocenters. The van der Waals surface area contributed by atoms with Gasteiger partial charge in [0.25, 0.3) is 17.1 Å². The molecule has 14 nitrogen and oxygen atoms in total. The van der Waals surface area contributed by atoms with Crippen molar-refractivity contribution < 1.29 is 24.6 Å². The SMILES string of the molecule is C[n+]1cn(-c2ccccc2)nn1.O=[N+]([O-])c1cc([N+](=O)[O-])c([O-])c([N+](=O)[O-])c1. The van der Waals surface area contributed by atoms with Gasteiger partial charge in [-0.1, -0.05) is 22.9 Å². The zero-order chi connectivity index (χ0) is 20.8. The van der Waals surface area contributed by atoms with Crippen LogP contribution in [0.3, 0.4) is 0 Å². The summed E-state index contributed by atoms with van der Waals surface area (Å²) in [5, 5.41) is 49.8. The van der Waals surface area contributed by atoms with Crippen LogP contribution < -0.4 is 9.79 Å². The molecule has 0 spiro atoms. The summed E-state index contributed by atoms with van der Waals surface area (Å²) in [7, 11) is 1.84. The van der Waals surface area contributed by atoms with Crippen molar-refractivity contribution >= 4 is 17.1 Å². The van der Waals surface area contributed by atoms with Gasteiger partial charge < -0.3 is 5.11 Å². The summed E-state index contributed by atoms with van der Waals surface area (Å²) < 4.78 is 3.38. The van der Waals surface area contributed by atoms with Crippen LogP contribution in [0.2, 0.25) is 0 Å². The van der Waals surface area contributed by atoms with E-state index in [0.29, 0.717) is 12.1 Å². The lowest BCUT2D eigenvalue weighted by Crippen LogP contribution is -2.28. The van der Waals surface area contributed by atoms with Gasteiger partial charge in [0.15, 0.2) is 5.21 Å². The maximum atomic E-state index is 11.1. The van der Waals surface area contributed by atoms with Crippen molar-refractivity contribution in [1.82, 2.24) is 15.1 Å². The van der Waals surface area contributed by atoms with Crippen LogP contribution in [0.15, 0.2) is 48.8 Å². The van der Waals surface area contributed by atoms with Crippen LogP contribution in [0.25, 0.3) is 5.69 Å². The Hall–Kier alpha value is -4.49. The maximum Gasteiger partial charge on any atom is 0.283 e. The van der Waals surface area contributed by atoms with E-state index in [1.54, 1.807) is 9.36 Å². The molecular formula is C14H11N7O7. The first-order chi connectivity index (χ1) is 13.2. The Morgan fingerprint density at radius 1 is 0.929 bits per heavy atom. The molecular weight excluding hydrogens is 378 g/mol. The third-order valence-electron chi connectivity index (χ3n) is 3.21. The van der Waals surface area contributed by atoms with Gasteiger partial charge in [-0.3, -0.25) is 30.3 Å². The van der Waals surface area contributed by atoms with Crippen LogP contribution in [-0.2, 0) is 7.05 Å². The Kier molecular flexibility index (Phi) is 5.85. The monoisotopic (exact) mass is 389 g/mol. The van der Waals surface area contributed by atoms with Crippen molar-refractivity contribution in [2.75, 3.05) is 0 Å². The minimum Gasteiger partial charge on any atom is -0.863 e. The standard InChI is InChI=1S/C8H9N4.C6H3N3O7/c1-11-7-12(10-9-11)8-5-3-2-4-6-8;10-6-4(8(13)14)1-3(7(11)12)2-5(6)9(15)16/h2-7H,1H3;1-2,10H/q+1;/p-1. The summed E-state index contributed by atoms with van der Waals surface area (Å²) in [6.07, 6.45) is 1.81. The normalized spacial score (nSPS) is 9.89. The van der Waals surface area contributed by atoms with Gasteiger partial charge in [0.2, 0.25) is 6.33 Å². The lowest BCUT2D eigenvalue weighted by molar-refractivity contribution is -0.731. The van der Waals surface area contributed by atoms with E-state index >= 15 is 0 Å². The number of para-hydroxylation sites is 1. The Morgan fingerprint density at radius 2 is 1.46 bits per heavy atom. The van der Waals surface area contributed by atoms with Crippen LogP contribution in [-0.4, -0.2) is 29.9 Å². The van der Waals surface area contributed by atoms with E-state index in [1.807, 2.05) is 43.7 Å². The first-order valence-corrected chi connectivity index (χ1v) is 7.32. The van der Waals surface area contributed by atoms with Crippen molar-refractivity contribution in [1.29, 1.82) is 0 Å². The molecule has 3 rings (SSSR count). The van der Waals surface area contributed by atoms with E-state index in [9.17, 15) is 35.4 Å². The van der Waals surface area contributed by atoms with E-state index in [4.69, 9.17) is 0 Å². The summed E-state index contributed by atoms with van der Waals surface area (Å²) >= 11 is 0. The average molecular weight is 389 g/mol. The molecule has 0 aliphatic carbocycles. The highest BCUT2D eigenvalue weighted by atomic mass is 16.6. The molecule has 0 aliphatic heterocycles. The molecule has 0 N–H and O–H groups in total. The Labute approximate surface area is 155 Å². The van der Waals surface area contributed by atoms with Gasteiger partial charge in [0.1, 0.15) is 10.9 Å². The maximum absolute atomic E-state index is 11.1. The molecule has 1 aromatic heterocycles. The highest BCUT2D eigenvalue weighted by Crippen LogP contribution is 2.36. The molecule has 2 aromatic carbocycles. The number of hydrogen-bond donors (Lipinski definition) is 0. The van der Waals surface area contributed by atoms with E-state index in [1.165, 1.54) is 0 Å².